The Morgan fingerprint density at radius 2 is 2.13 bits per heavy atom. The lowest BCUT2D eigenvalue weighted by molar-refractivity contribution is 0.0946. The van der Waals surface area contributed by atoms with E-state index in [2.05, 4.69) is 10.3 Å². The van der Waals surface area contributed by atoms with Crippen LogP contribution in [0.25, 0.3) is 16.7 Å². The van der Waals surface area contributed by atoms with Crippen LogP contribution in [-0.2, 0) is 11.3 Å². The first kappa shape index (κ1) is 20.5. The quantitative estimate of drug-likeness (QED) is 0.349. The third-order valence-corrected chi connectivity index (χ3v) is 5.08. The summed E-state index contributed by atoms with van der Waals surface area (Å²) in [5, 5.41) is 11.7. The number of nitrogens with zero attached hydrogens (tertiary/aromatic N) is 3. The Morgan fingerprint density at radius 1 is 1.29 bits per heavy atom. The van der Waals surface area contributed by atoms with Gasteiger partial charge in [0.25, 0.3) is 11.5 Å². The molecule has 0 unspecified atom stereocenters. The van der Waals surface area contributed by atoms with Gasteiger partial charge in [-0.05, 0) is 43.2 Å². The first-order chi connectivity index (χ1) is 15.0. The maximum Gasteiger partial charge on any atom is 0.267 e. The van der Waals surface area contributed by atoms with Crippen LogP contribution in [-0.4, -0.2) is 40.1 Å². The summed E-state index contributed by atoms with van der Waals surface area (Å²) in [6, 6.07) is 8.61. The molecule has 0 radical (unpaired) electrons. The molecule has 0 aliphatic heterocycles. The fourth-order valence-electron chi connectivity index (χ4n) is 3.50. The van der Waals surface area contributed by atoms with Crippen molar-refractivity contribution in [3.63, 3.8) is 0 Å². The SMILES string of the molecule is COCCCNC(=O)c1cc2c(=O)n3cccc(C)c3nc2n(Cc2ccco2)c1=N. The van der Waals surface area contributed by atoms with Crippen molar-refractivity contribution in [1.29, 1.82) is 5.41 Å². The molecule has 9 nitrogen and oxygen atoms in total. The molecule has 4 aromatic rings. The highest BCUT2D eigenvalue weighted by atomic mass is 16.5. The van der Waals surface area contributed by atoms with Crippen LogP contribution in [0.1, 0.15) is 28.1 Å². The Labute approximate surface area is 177 Å². The maximum absolute atomic E-state index is 13.3. The molecule has 0 spiro atoms. The van der Waals surface area contributed by atoms with Gasteiger partial charge in [-0.25, -0.2) is 4.98 Å². The minimum absolute atomic E-state index is 0.0435. The molecule has 9 heteroatoms. The Morgan fingerprint density at radius 3 is 2.87 bits per heavy atom. The van der Waals surface area contributed by atoms with Crippen LogP contribution in [0.3, 0.4) is 0 Å². The van der Waals surface area contributed by atoms with Gasteiger partial charge in [0.15, 0.2) is 0 Å². The van der Waals surface area contributed by atoms with E-state index < -0.39 is 5.91 Å². The molecule has 4 aromatic heterocycles. The van der Waals surface area contributed by atoms with Gasteiger partial charge in [0.1, 0.15) is 22.5 Å². The van der Waals surface area contributed by atoms with Crippen LogP contribution < -0.4 is 16.4 Å². The number of carbonyl (C=O) groups excluding carboxylic acids is 1. The number of rotatable bonds is 7. The number of hydrogen-bond acceptors (Lipinski definition) is 6. The summed E-state index contributed by atoms with van der Waals surface area (Å²) in [6.45, 7) is 2.95. The Balaban J connectivity index is 1.93. The summed E-state index contributed by atoms with van der Waals surface area (Å²) in [5.41, 5.74) is 1.42. The van der Waals surface area contributed by atoms with E-state index in [0.29, 0.717) is 36.6 Å². The van der Waals surface area contributed by atoms with Crippen LogP contribution in [0.4, 0.5) is 0 Å². The number of amides is 1. The minimum atomic E-state index is -0.426. The molecule has 0 bridgehead atoms. The fraction of sp³-hybridized carbons (Fsp3) is 0.273. The molecule has 0 atom stereocenters. The highest BCUT2D eigenvalue weighted by molar-refractivity contribution is 5.96. The third kappa shape index (κ3) is 3.87. The van der Waals surface area contributed by atoms with Crippen molar-refractivity contribution in [2.24, 2.45) is 0 Å². The van der Waals surface area contributed by atoms with Gasteiger partial charge in [0.2, 0.25) is 0 Å². The van der Waals surface area contributed by atoms with Crippen LogP contribution in [0.2, 0.25) is 0 Å². The van der Waals surface area contributed by atoms with E-state index in [0.717, 1.165) is 5.56 Å². The van der Waals surface area contributed by atoms with Crippen molar-refractivity contribution in [1.82, 2.24) is 19.3 Å². The summed E-state index contributed by atoms with van der Waals surface area (Å²) >= 11 is 0. The molecule has 0 fully saturated rings. The van der Waals surface area contributed by atoms with Crippen LogP contribution in [0.5, 0.6) is 0 Å². The molecule has 0 saturated carbocycles. The maximum atomic E-state index is 13.3. The largest absolute Gasteiger partial charge is 0.467 e. The van der Waals surface area contributed by atoms with Crippen molar-refractivity contribution >= 4 is 22.6 Å². The summed E-state index contributed by atoms with van der Waals surface area (Å²) in [7, 11) is 1.59. The number of ether oxygens (including phenoxy) is 1. The Bertz CT molecular complexity index is 1370. The average Bonchev–Trinajstić information content (AvgIpc) is 3.27. The van der Waals surface area contributed by atoms with E-state index in [1.54, 1.807) is 31.5 Å². The van der Waals surface area contributed by atoms with E-state index in [-0.39, 0.29) is 28.5 Å². The summed E-state index contributed by atoms with van der Waals surface area (Å²) < 4.78 is 13.4. The zero-order valence-corrected chi connectivity index (χ0v) is 17.3. The molecular formula is C22H23N5O4. The molecule has 0 aliphatic rings. The summed E-state index contributed by atoms with van der Waals surface area (Å²) in [5.74, 6) is 0.161. The van der Waals surface area contributed by atoms with Crippen LogP contribution in [0, 0.1) is 12.3 Å². The fourth-order valence-corrected chi connectivity index (χ4v) is 3.50. The van der Waals surface area contributed by atoms with Gasteiger partial charge in [-0.3, -0.25) is 19.4 Å². The van der Waals surface area contributed by atoms with E-state index in [9.17, 15) is 9.59 Å². The molecule has 0 aliphatic carbocycles. The predicted molar refractivity (Wildman–Crippen MR) is 114 cm³/mol. The van der Waals surface area contributed by atoms with Gasteiger partial charge in [-0.2, -0.15) is 0 Å². The van der Waals surface area contributed by atoms with Gasteiger partial charge in [-0.15, -0.1) is 0 Å². The number of hydrogen-bond donors (Lipinski definition) is 2. The smallest absolute Gasteiger partial charge is 0.267 e. The number of aryl methyl sites for hydroxylation is 1. The molecule has 4 rings (SSSR count). The predicted octanol–water partition coefficient (Wildman–Crippen LogP) is 1.84. The second-order valence-corrected chi connectivity index (χ2v) is 7.21. The van der Waals surface area contributed by atoms with Crippen molar-refractivity contribution in [3.05, 3.63) is 75.5 Å². The van der Waals surface area contributed by atoms with Gasteiger partial charge >= 0.3 is 0 Å². The van der Waals surface area contributed by atoms with Crippen molar-refractivity contribution in [2.45, 2.75) is 19.9 Å². The zero-order chi connectivity index (χ0) is 22.0. The van der Waals surface area contributed by atoms with Crippen LogP contribution >= 0.6 is 0 Å². The molecule has 2 N–H and O–H groups in total. The summed E-state index contributed by atoms with van der Waals surface area (Å²) in [6.07, 6.45) is 3.83. The highest BCUT2D eigenvalue weighted by Gasteiger charge is 2.18. The molecular weight excluding hydrogens is 398 g/mol. The number of fused-ring (bicyclic) bond motifs is 2. The first-order valence-corrected chi connectivity index (χ1v) is 9.91. The van der Waals surface area contributed by atoms with E-state index in [1.165, 1.54) is 21.3 Å². The van der Waals surface area contributed by atoms with E-state index in [4.69, 9.17) is 14.6 Å². The number of methoxy groups -OCH3 is 1. The standard InChI is InChI=1S/C22H23N5O4/c1-14-6-3-9-26-19(14)25-20-17(22(26)29)12-16(21(28)24-8-5-10-30-2)18(23)27(20)13-15-7-4-11-31-15/h3-4,6-7,9,11-12,23H,5,8,10,13H2,1-2H3,(H,24,28). The third-order valence-electron chi connectivity index (χ3n) is 5.08. The van der Waals surface area contributed by atoms with E-state index >= 15 is 0 Å². The van der Waals surface area contributed by atoms with Gasteiger partial charge < -0.3 is 19.0 Å². The number of pyridine rings is 2. The minimum Gasteiger partial charge on any atom is -0.467 e. The molecule has 0 saturated heterocycles. The lowest BCUT2D eigenvalue weighted by Crippen LogP contribution is -2.35. The monoisotopic (exact) mass is 421 g/mol. The van der Waals surface area contributed by atoms with E-state index in [1.807, 2.05) is 13.0 Å². The highest BCUT2D eigenvalue weighted by Crippen LogP contribution is 2.14. The molecule has 0 aromatic carbocycles. The Kier molecular flexibility index (Phi) is 5.68. The average molecular weight is 421 g/mol. The molecule has 160 valence electrons. The number of carbonyl (C=O) groups is 1. The normalized spacial score (nSPS) is 11.3. The van der Waals surface area contributed by atoms with Crippen molar-refractivity contribution in [2.75, 3.05) is 20.3 Å². The first-order valence-electron chi connectivity index (χ1n) is 9.91. The second kappa shape index (κ2) is 8.57. The van der Waals surface area contributed by atoms with Crippen molar-refractivity contribution < 1.29 is 13.9 Å². The molecule has 1 amide bonds. The zero-order valence-electron chi connectivity index (χ0n) is 17.3. The van der Waals surface area contributed by atoms with Crippen LogP contribution in [0.15, 0.2) is 52.0 Å². The molecule has 4 heterocycles. The van der Waals surface area contributed by atoms with Crippen molar-refractivity contribution in [3.8, 4) is 0 Å². The number of furan rings is 1. The molecule has 31 heavy (non-hydrogen) atoms. The topological polar surface area (TPSA) is 115 Å². The second-order valence-electron chi connectivity index (χ2n) is 7.21. The summed E-state index contributed by atoms with van der Waals surface area (Å²) in [4.78, 5) is 30.8. The Hall–Kier alpha value is -3.72. The lowest BCUT2D eigenvalue weighted by Gasteiger charge is -2.14. The van der Waals surface area contributed by atoms with Gasteiger partial charge in [0, 0.05) is 26.5 Å². The number of nitrogens with one attached hydrogen (secondary N) is 2. The lowest BCUT2D eigenvalue weighted by atomic mass is 10.2. The van der Waals surface area contributed by atoms with Gasteiger partial charge in [0.05, 0.1) is 23.8 Å². The van der Waals surface area contributed by atoms with Gasteiger partial charge in [-0.1, -0.05) is 6.07 Å². The number of aromatic nitrogens is 3.